The molecule has 0 fully saturated rings. The first-order valence-corrected chi connectivity index (χ1v) is 7.13. The molecule has 0 spiro atoms. The van der Waals surface area contributed by atoms with Crippen molar-refractivity contribution >= 4 is 0 Å². The Labute approximate surface area is 111 Å². The second-order valence-electron chi connectivity index (χ2n) is 5.02. The van der Waals surface area contributed by atoms with Gasteiger partial charge in [0.15, 0.2) is 0 Å². The van der Waals surface area contributed by atoms with E-state index in [0.717, 1.165) is 17.5 Å². The first-order chi connectivity index (χ1) is 8.70. The third kappa shape index (κ3) is 4.41. The van der Waals surface area contributed by atoms with Crippen LogP contribution in [0, 0.1) is 12.7 Å². The Balaban J connectivity index is 2.52. The van der Waals surface area contributed by atoms with Gasteiger partial charge < -0.3 is 5.32 Å². The summed E-state index contributed by atoms with van der Waals surface area (Å²) in [7, 11) is 1.92. The quantitative estimate of drug-likeness (QED) is 0.657. The average molecular weight is 251 g/mol. The molecule has 1 unspecified atom stereocenters. The monoisotopic (exact) mass is 251 g/mol. The number of halogens is 1. The lowest BCUT2D eigenvalue weighted by atomic mass is 9.98. The standard InChI is InChI=1S/C16H26FN/c1-4-5-6-7-8-12-15(18-3)14-11-9-10-13(2)16(14)17/h9-11,15,18H,4-8,12H2,1-3H3. The topological polar surface area (TPSA) is 12.0 Å². The molecule has 1 N–H and O–H groups in total. The van der Waals surface area contributed by atoms with Gasteiger partial charge in [-0.1, -0.05) is 57.2 Å². The maximum atomic E-state index is 14.0. The van der Waals surface area contributed by atoms with Crippen LogP contribution in [0.4, 0.5) is 4.39 Å². The van der Waals surface area contributed by atoms with Crippen molar-refractivity contribution < 1.29 is 4.39 Å². The molecular weight excluding hydrogens is 225 g/mol. The Morgan fingerprint density at radius 2 is 1.89 bits per heavy atom. The van der Waals surface area contributed by atoms with E-state index in [1.54, 1.807) is 0 Å². The minimum atomic E-state index is -0.0505. The summed E-state index contributed by atoms with van der Waals surface area (Å²) < 4.78 is 14.0. The van der Waals surface area contributed by atoms with Crippen LogP contribution in [0.25, 0.3) is 0 Å². The summed E-state index contributed by atoms with van der Waals surface area (Å²) in [6.45, 7) is 4.05. The van der Waals surface area contributed by atoms with Crippen molar-refractivity contribution in [1.82, 2.24) is 5.32 Å². The van der Waals surface area contributed by atoms with Crippen LogP contribution in [-0.2, 0) is 0 Å². The summed E-state index contributed by atoms with van der Waals surface area (Å²) >= 11 is 0. The second kappa shape index (κ2) is 8.25. The van der Waals surface area contributed by atoms with Gasteiger partial charge in [0.1, 0.15) is 5.82 Å². The van der Waals surface area contributed by atoms with Gasteiger partial charge in [-0.25, -0.2) is 4.39 Å². The first kappa shape index (κ1) is 15.2. The maximum Gasteiger partial charge on any atom is 0.130 e. The molecular formula is C16H26FN. The van der Waals surface area contributed by atoms with Crippen LogP contribution in [0.5, 0.6) is 0 Å². The zero-order valence-electron chi connectivity index (χ0n) is 11.9. The molecule has 0 saturated carbocycles. The summed E-state index contributed by atoms with van der Waals surface area (Å²) in [5, 5.41) is 3.24. The Bertz CT molecular complexity index is 349. The highest BCUT2D eigenvalue weighted by Gasteiger charge is 2.14. The first-order valence-electron chi connectivity index (χ1n) is 7.13. The molecule has 1 nitrogen and oxygen atoms in total. The molecule has 1 atom stereocenters. The fourth-order valence-corrected chi connectivity index (χ4v) is 2.35. The number of rotatable bonds is 8. The summed E-state index contributed by atoms with van der Waals surface area (Å²) in [5.74, 6) is -0.0505. The third-order valence-electron chi connectivity index (χ3n) is 3.54. The van der Waals surface area contributed by atoms with E-state index in [4.69, 9.17) is 0 Å². The second-order valence-corrected chi connectivity index (χ2v) is 5.02. The van der Waals surface area contributed by atoms with Crippen molar-refractivity contribution in [3.8, 4) is 0 Å². The number of benzene rings is 1. The number of aryl methyl sites for hydroxylation is 1. The van der Waals surface area contributed by atoms with E-state index in [9.17, 15) is 4.39 Å². The zero-order chi connectivity index (χ0) is 13.4. The molecule has 0 radical (unpaired) electrons. The maximum absolute atomic E-state index is 14.0. The molecule has 0 amide bonds. The third-order valence-corrected chi connectivity index (χ3v) is 3.54. The minimum Gasteiger partial charge on any atom is -0.313 e. The Kier molecular flexibility index (Phi) is 6.96. The molecule has 102 valence electrons. The molecule has 2 heteroatoms. The predicted octanol–water partition coefficient (Wildman–Crippen LogP) is 4.76. The molecule has 0 aromatic heterocycles. The van der Waals surface area contributed by atoms with Crippen molar-refractivity contribution in [3.05, 3.63) is 35.1 Å². The van der Waals surface area contributed by atoms with Crippen LogP contribution in [0.1, 0.15) is 62.6 Å². The van der Waals surface area contributed by atoms with Crippen LogP contribution in [0.15, 0.2) is 18.2 Å². The van der Waals surface area contributed by atoms with Crippen LogP contribution in [0.2, 0.25) is 0 Å². The van der Waals surface area contributed by atoms with E-state index < -0.39 is 0 Å². The Morgan fingerprint density at radius 1 is 1.17 bits per heavy atom. The average Bonchev–Trinajstić information content (AvgIpc) is 2.38. The van der Waals surface area contributed by atoms with Crippen LogP contribution < -0.4 is 5.32 Å². The van der Waals surface area contributed by atoms with Gasteiger partial charge in [-0.3, -0.25) is 0 Å². The summed E-state index contributed by atoms with van der Waals surface area (Å²) in [6, 6.07) is 5.81. The van der Waals surface area contributed by atoms with E-state index in [2.05, 4.69) is 12.2 Å². The number of nitrogens with one attached hydrogen (secondary N) is 1. The Morgan fingerprint density at radius 3 is 2.56 bits per heavy atom. The predicted molar refractivity (Wildman–Crippen MR) is 76.3 cm³/mol. The van der Waals surface area contributed by atoms with Crippen LogP contribution in [-0.4, -0.2) is 7.05 Å². The molecule has 1 aromatic carbocycles. The molecule has 0 heterocycles. The lowest BCUT2D eigenvalue weighted by Crippen LogP contribution is -2.18. The van der Waals surface area contributed by atoms with Crippen molar-refractivity contribution in [3.63, 3.8) is 0 Å². The molecule has 0 aliphatic carbocycles. The van der Waals surface area contributed by atoms with Crippen molar-refractivity contribution in [2.45, 2.75) is 58.4 Å². The summed E-state index contributed by atoms with van der Waals surface area (Å²) in [5.41, 5.74) is 1.55. The van der Waals surface area contributed by atoms with Crippen molar-refractivity contribution in [1.29, 1.82) is 0 Å². The number of unbranched alkanes of at least 4 members (excludes halogenated alkanes) is 4. The van der Waals surface area contributed by atoms with E-state index in [-0.39, 0.29) is 11.9 Å². The van der Waals surface area contributed by atoms with Gasteiger partial charge in [0.2, 0.25) is 0 Å². The molecule has 1 aromatic rings. The lowest BCUT2D eigenvalue weighted by molar-refractivity contribution is 0.476. The van der Waals surface area contributed by atoms with Crippen LogP contribution >= 0.6 is 0 Å². The van der Waals surface area contributed by atoms with Gasteiger partial charge >= 0.3 is 0 Å². The summed E-state index contributed by atoms with van der Waals surface area (Å²) in [6.07, 6.45) is 7.30. The van der Waals surface area contributed by atoms with E-state index in [0.29, 0.717) is 0 Å². The molecule has 0 saturated heterocycles. The van der Waals surface area contributed by atoms with Gasteiger partial charge in [-0.15, -0.1) is 0 Å². The molecule has 1 rings (SSSR count). The molecule has 18 heavy (non-hydrogen) atoms. The van der Waals surface area contributed by atoms with Gasteiger partial charge in [-0.2, -0.15) is 0 Å². The largest absolute Gasteiger partial charge is 0.313 e. The smallest absolute Gasteiger partial charge is 0.130 e. The van der Waals surface area contributed by atoms with E-state index >= 15 is 0 Å². The van der Waals surface area contributed by atoms with Gasteiger partial charge in [0, 0.05) is 11.6 Å². The zero-order valence-corrected chi connectivity index (χ0v) is 11.9. The van der Waals surface area contributed by atoms with E-state index in [1.807, 2.05) is 32.2 Å². The fraction of sp³-hybridized carbons (Fsp3) is 0.625. The van der Waals surface area contributed by atoms with Gasteiger partial charge in [0.25, 0.3) is 0 Å². The highest BCUT2D eigenvalue weighted by atomic mass is 19.1. The highest BCUT2D eigenvalue weighted by molar-refractivity contribution is 5.27. The van der Waals surface area contributed by atoms with Crippen molar-refractivity contribution in [2.75, 3.05) is 7.05 Å². The molecule has 0 bridgehead atoms. The summed E-state index contributed by atoms with van der Waals surface area (Å²) in [4.78, 5) is 0. The SMILES string of the molecule is CCCCCCCC(NC)c1cccc(C)c1F. The lowest BCUT2D eigenvalue weighted by Gasteiger charge is -2.18. The Hall–Kier alpha value is -0.890. The van der Waals surface area contributed by atoms with E-state index in [1.165, 1.54) is 32.1 Å². The number of hydrogen-bond acceptors (Lipinski definition) is 1. The van der Waals surface area contributed by atoms with Crippen LogP contribution in [0.3, 0.4) is 0 Å². The minimum absolute atomic E-state index is 0.0505. The van der Waals surface area contributed by atoms with Gasteiger partial charge in [-0.05, 0) is 26.0 Å². The normalized spacial score (nSPS) is 12.7. The number of hydrogen-bond donors (Lipinski definition) is 1. The molecule has 0 aliphatic heterocycles. The fourth-order valence-electron chi connectivity index (χ4n) is 2.35. The molecule has 0 aliphatic rings. The van der Waals surface area contributed by atoms with Gasteiger partial charge in [0.05, 0.1) is 0 Å². The highest BCUT2D eigenvalue weighted by Crippen LogP contribution is 2.24. The van der Waals surface area contributed by atoms with Crippen molar-refractivity contribution in [2.24, 2.45) is 0 Å².